The maximum atomic E-state index is 11.5. The van der Waals surface area contributed by atoms with Gasteiger partial charge in [-0.3, -0.25) is 9.63 Å². The van der Waals surface area contributed by atoms with Gasteiger partial charge in [0.05, 0.1) is 24.8 Å². The molecule has 0 unspecified atom stereocenters. The van der Waals surface area contributed by atoms with E-state index >= 15 is 0 Å². The second kappa shape index (κ2) is 5.53. The molecule has 0 saturated heterocycles. The molecule has 1 rings (SSSR count). The molecule has 0 spiro atoms. The topological polar surface area (TPSA) is 47.6 Å². The Morgan fingerprint density at radius 3 is 2.67 bits per heavy atom. The van der Waals surface area contributed by atoms with Crippen molar-refractivity contribution in [2.75, 3.05) is 14.2 Å². The van der Waals surface area contributed by atoms with Gasteiger partial charge in [-0.2, -0.15) is 0 Å². The lowest BCUT2D eigenvalue weighted by molar-refractivity contribution is 0.0535. The first-order valence-corrected chi connectivity index (χ1v) is 5.42. The maximum absolute atomic E-state index is 11.5. The summed E-state index contributed by atoms with van der Waals surface area (Å²) >= 11 is 7.96. The number of ether oxygens (including phenoxy) is 1. The lowest BCUT2D eigenvalue weighted by atomic mass is 10.2. The minimum atomic E-state index is -0.396. The zero-order valence-corrected chi connectivity index (χ0v) is 11.0. The van der Waals surface area contributed by atoms with Crippen LogP contribution in [0.3, 0.4) is 0 Å². The predicted molar refractivity (Wildman–Crippen MR) is 65.2 cm³/mol. The minimum Gasteiger partial charge on any atom is -0.496 e. The van der Waals surface area contributed by atoms with Crippen molar-refractivity contribution in [2.45, 2.75) is 0 Å². The molecule has 6 heteroatoms. The third-order valence-electron chi connectivity index (χ3n) is 1.68. The van der Waals surface area contributed by atoms with Crippen LogP contribution in [0.25, 0.3) is 0 Å². The summed E-state index contributed by atoms with van der Waals surface area (Å²) in [6, 6.07) is 3.23. The fraction of sp³-hybridized carbons (Fsp3) is 0.222. The fourth-order valence-corrected chi connectivity index (χ4v) is 1.62. The fourth-order valence-electron chi connectivity index (χ4n) is 1.02. The summed E-state index contributed by atoms with van der Waals surface area (Å²) in [7, 11) is 2.85. The van der Waals surface area contributed by atoms with Gasteiger partial charge in [0.2, 0.25) is 0 Å². The van der Waals surface area contributed by atoms with Crippen LogP contribution >= 0.6 is 34.2 Å². The molecule has 0 aliphatic rings. The largest absolute Gasteiger partial charge is 0.496 e. The molecule has 0 saturated carbocycles. The van der Waals surface area contributed by atoms with Crippen molar-refractivity contribution in [3.63, 3.8) is 0 Å². The molecule has 1 aromatic carbocycles. The highest BCUT2D eigenvalue weighted by Gasteiger charge is 2.14. The van der Waals surface area contributed by atoms with E-state index in [4.69, 9.17) is 16.3 Å². The van der Waals surface area contributed by atoms with Crippen molar-refractivity contribution in [3.05, 3.63) is 26.3 Å². The predicted octanol–water partition coefficient (Wildman–Crippen LogP) is 2.24. The average Bonchev–Trinajstić information content (AvgIpc) is 2.21. The van der Waals surface area contributed by atoms with Gasteiger partial charge in [-0.05, 0) is 34.7 Å². The lowest BCUT2D eigenvalue weighted by Crippen LogP contribution is -2.22. The summed E-state index contributed by atoms with van der Waals surface area (Å²) in [6.07, 6.45) is 0. The zero-order valence-electron chi connectivity index (χ0n) is 8.14. The molecule has 0 radical (unpaired) electrons. The number of methoxy groups -OCH3 is 1. The molecule has 0 heterocycles. The quantitative estimate of drug-likeness (QED) is 0.677. The molecule has 4 nitrogen and oxygen atoms in total. The van der Waals surface area contributed by atoms with E-state index in [9.17, 15) is 4.79 Å². The van der Waals surface area contributed by atoms with Crippen molar-refractivity contribution in [1.29, 1.82) is 0 Å². The summed E-state index contributed by atoms with van der Waals surface area (Å²) in [5.74, 6) is 0.0611. The van der Waals surface area contributed by atoms with Crippen molar-refractivity contribution in [3.8, 4) is 5.75 Å². The van der Waals surface area contributed by atoms with Crippen LogP contribution < -0.4 is 10.2 Å². The Balaban J connectivity index is 3.15. The van der Waals surface area contributed by atoms with Crippen LogP contribution in [0.4, 0.5) is 0 Å². The van der Waals surface area contributed by atoms with Crippen LogP contribution in [0.15, 0.2) is 12.1 Å². The highest BCUT2D eigenvalue weighted by molar-refractivity contribution is 14.1. The molecule has 0 aromatic heterocycles. The first-order valence-electron chi connectivity index (χ1n) is 3.96. The number of carbonyl (C=O) groups is 1. The Kier molecular flexibility index (Phi) is 4.62. The van der Waals surface area contributed by atoms with Gasteiger partial charge in [0, 0.05) is 3.57 Å². The van der Waals surface area contributed by atoms with E-state index in [2.05, 4.69) is 32.9 Å². The van der Waals surface area contributed by atoms with Gasteiger partial charge in [-0.25, -0.2) is 5.48 Å². The number of hydrogen-bond acceptors (Lipinski definition) is 3. The molecular formula is C9H9ClINO3. The highest BCUT2D eigenvalue weighted by atomic mass is 127. The van der Waals surface area contributed by atoms with Gasteiger partial charge in [-0.1, -0.05) is 11.6 Å². The molecule has 0 atom stereocenters. The van der Waals surface area contributed by atoms with Gasteiger partial charge in [0.15, 0.2) is 0 Å². The van der Waals surface area contributed by atoms with Crippen LogP contribution in [0.1, 0.15) is 10.4 Å². The molecule has 1 amide bonds. The minimum absolute atomic E-state index is 0.338. The summed E-state index contributed by atoms with van der Waals surface area (Å²) in [5, 5.41) is 0.498. The summed E-state index contributed by atoms with van der Waals surface area (Å²) in [4.78, 5) is 16.0. The second-order valence-electron chi connectivity index (χ2n) is 2.60. The van der Waals surface area contributed by atoms with Crippen molar-refractivity contribution in [1.82, 2.24) is 5.48 Å². The smallest absolute Gasteiger partial charge is 0.278 e. The number of carbonyl (C=O) groups excluding carboxylic acids is 1. The molecule has 0 fully saturated rings. The van der Waals surface area contributed by atoms with Gasteiger partial charge >= 0.3 is 0 Å². The number of benzene rings is 1. The van der Waals surface area contributed by atoms with E-state index in [1.807, 2.05) is 0 Å². The van der Waals surface area contributed by atoms with Gasteiger partial charge < -0.3 is 4.74 Å². The SMILES string of the molecule is CONC(=O)c1cc(Cl)c(I)cc1OC. The number of nitrogens with one attached hydrogen (secondary N) is 1. The van der Waals surface area contributed by atoms with Crippen LogP contribution in [-0.4, -0.2) is 20.1 Å². The van der Waals surface area contributed by atoms with Gasteiger partial charge in [-0.15, -0.1) is 0 Å². The number of hydrogen-bond donors (Lipinski definition) is 1. The molecule has 0 aliphatic carbocycles. The van der Waals surface area contributed by atoms with E-state index in [1.54, 1.807) is 6.07 Å². The van der Waals surface area contributed by atoms with Crippen LogP contribution in [0, 0.1) is 3.57 Å². The number of halogens is 2. The Morgan fingerprint density at radius 1 is 1.47 bits per heavy atom. The van der Waals surface area contributed by atoms with Gasteiger partial charge in [0.1, 0.15) is 5.75 Å². The lowest BCUT2D eigenvalue weighted by Gasteiger charge is -2.09. The molecule has 1 N–H and O–H groups in total. The first kappa shape index (κ1) is 12.5. The molecule has 0 aliphatic heterocycles. The van der Waals surface area contributed by atoms with Gasteiger partial charge in [0.25, 0.3) is 5.91 Å². The average molecular weight is 342 g/mol. The van der Waals surface area contributed by atoms with Crippen LogP contribution in [-0.2, 0) is 4.84 Å². The first-order chi connectivity index (χ1) is 7.10. The zero-order chi connectivity index (χ0) is 11.4. The third-order valence-corrected chi connectivity index (χ3v) is 3.21. The number of amides is 1. The monoisotopic (exact) mass is 341 g/mol. The van der Waals surface area contributed by atoms with Crippen molar-refractivity contribution in [2.24, 2.45) is 0 Å². The number of hydroxylamine groups is 1. The van der Waals surface area contributed by atoms with E-state index in [0.29, 0.717) is 16.3 Å². The highest BCUT2D eigenvalue weighted by Crippen LogP contribution is 2.28. The van der Waals surface area contributed by atoms with E-state index < -0.39 is 5.91 Å². The van der Waals surface area contributed by atoms with E-state index in [1.165, 1.54) is 20.3 Å². The van der Waals surface area contributed by atoms with Crippen LogP contribution in [0.5, 0.6) is 5.75 Å². The second-order valence-corrected chi connectivity index (χ2v) is 4.17. The molecule has 0 bridgehead atoms. The molecule has 1 aromatic rings. The Labute approximate surface area is 106 Å². The third kappa shape index (κ3) is 2.96. The van der Waals surface area contributed by atoms with E-state index in [-0.39, 0.29) is 0 Å². The maximum Gasteiger partial charge on any atom is 0.278 e. The molecule has 82 valence electrons. The summed E-state index contributed by atoms with van der Waals surface area (Å²) in [5.41, 5.74) is 2.54. The van der Waals surface area contributed by atoms with Crippen LogP contribution in [0.2, 0.25) is 5.02 Å². The molecule has 15 heavy (non-hydrogen) atoms. The number of rotatable bonds is 3. The van der Waals surface area contributed by atoms with E-state index in [0.717, 1.165) is 3.57 Å². The summed E-state index contributed by atoms with van der Waals surface area (Å²) in [6.45, 7) is 0. The Hall–Kier alpha value is -0.530. The Morgan fingerprint density at radius 2 is 2.13 bits per heavy atom. The Bertz CT molecular complexity index is 384. The molecular weight excluding hydrogens is 332 g/mol. The summed E-state index contributed by atoms with van der Waals surface area (Å²) < 4.78 is 5.89. The van der Waals surface area contributed by atoms with Crippen molar-refractivity contribution >= 4 is 40.1 Å². The van der Waals surface area contributed by atoms with Crippen molar-refractivity contribution < 1.29 is 14.4 Å². The normalized spacial score (nSPS) is 9.87. The standard InChI is InChI=1S/C9H9ClINO3/c1-14-8-4-7(11)6(10)3-5(8)9(13)12-15-2/h3-4H,1-2H3,(H,12,13).